The van der Waals surface area contributed by atoms with Crippen LogP contribution >= 0.6 is 11.6 Å². The van der Waals surface area contributed by atoms with Crippen molar-refractivity contribution in [2.45, 2.75) is 25.3 Å². The van der Waals surface area contributed by atoms with Crippen molar-refractivity contribution in [2.24, 2.45) is 0 Å². The zero-order valence-electron chi connectivity index (χ0n) is 9.32. The maximum Gasteiger partial charge on any atom is 0.253 e. The van der Waals surface area contributed by atoms with Crippen LogP contribution in [0, 0.1) is 0 Å². The second-order valence-electron chi connectivity index (χ2n) is 4.05. The Balaban J connectivity index is 2.08. The van der Waals surface area contributed by atoms with E-state index in [0.29, 0.717) is 11.3 Å². The highest BCUT2D eigenvalue weighted by atomic mass is 35.5. The number of rotatable bonds is 2. The van der Waals surface area contributed by atoms with Gasteiger partial charge in [0, 0.05) is 6.04 Å². The largest absolute Gasteiger partial charge is 0.397 e. The van der Waals surface area contributed by atoms with E-state index in [1.54, 1.807) is 0 Å². The summed E-state index contributed by atoms with van der Waals surface area (Å²) in [5, 5.41) is 3.22. The zero-order chi connectivity index (χ0) is 12.3. The van der Waals surface area contributed by atoms with Crippen LogP contribution in [0.25, 0.3) is 0 Å². The van der Waals surface area contributed by atoms with Crippen molar-refractivity contribution in [3.05, 3.63) is 35.1 Å². The van der Waals surface area contributed by atoms with Gasteiger partial charge in [-0.1, -0.05) is 23.8 Å². The van der Waals surface area contributed by atoms with Crippen LogP contribution in [0.2, 0.25) is 5.15 Å². The van der Waals surface area contributed by atoms with Crippen LogP contribution in [0.4, 0.5) is 5.69 Å². The van der Waals surface area contributed by atoms with E-state index in [1.807, 2.05) is 0 Å². The van der Waals surface area contributed by atoms with Gasteiger partial charge in [-0.25, -0.2) is 4.98 Å². The number of anilines is 1. The normalized spacial score (nSPS) is 19.0. The molecule has 1 heterocycles. The molecule has 0 saturated heterocycles. The van der Waals surface area contributed by atoms with Gasteiger partial charge in [-0.15, -0.1) is 0 Å². The highest BCUT2D eigenvalue weighted by Gasteiger charge is 2.16. The molecular weight excluding hydrogens is 238 g/mol. The van der Waals surface area contributed by atoms with Gasteiger partial charge in [0.1, 0.15) is 5.15 Å². The zero-order valence-corrected chi connectivity index (χ0v) is 10.1. The van der Waals surface area contributed by atoms with Gasteiger partial charge < -0.3 is 11.1 Å². The standard InChI is InChI=1S/C12H14ClN3O/c13-11-6-9(10(14)7-15-11)12(17)16-8-4-2-1-3-5-8/h1-2,6-8H,3-5,14H2,(H,16,17). The number of carbonyl (C=O) groups is 1. The maximum atomic E-state index is 12.0. The van der Waals surface area contributed by atoms with Crippen LogP contribution in [-0.4, -0.2) is 16.9 Å². The third kappa shape index (κ3) is 2.97. The van der Waals surface area contributed by atoms with Crippen molar-refractivity contribution in [3.8, 4) is 0 Å². The van der Waals surface area contributed by atoms with Gasteiger partial charge in [-0.3, -0.25) is 4.79 Å². The summed E-state index contributed by atoms with van der Waals surface area (Å²) in [5.74, 6) is -0.188. The van der Waals surface area contributed by atoms with Crippen LogP contribution in [0.3, 0.4) is 0 Å². The fraction of sp³-hybridized carbons (Fsp3) is 0.333. The average molecular weight is 252 g/mol. The lowest BCUT2D eigenvalue weighted by atomic mass is 10.0. The maximum absolute atomic E-state index is 12.0. The first-order valence-electron chi connectivity index (χ1n) is 5.53. The third-order valence-corrected chi connectivity index (χ3v) is 2.96. The number of nitrogen functional groups attached to an aromatic ring is 1. The van der Waals surface area contributed by atoms with E-state index in [2.05, 4.69) is 22.5 Å². The Kier molecular flexibility index (Phi) is 3.64. The van der Waals surface area contributed by atoms with E-state index in [9.17, 15) is 4.79 Å². The quantitative estimate of drug-likeness (QED) is 0.625. The van der Waals surface area contributed by atoms with Gasteiger partial charge in [0.15, 0.2) is 0 Å². The van der Waals surface area contributed by atoms with Crippen molar-refractivity contribution in [1.29, 1.82) is 0 Å². The average Bonchev–Trinajstić information content (AvgIpc) is 2.33. The molecule has 1 aromatic rings. The van der Waals surface area contributed by atoms with E-state index < -0.39 is 0 Å². The van der Waals surface area contributed by atoms with Crippen molar-refractivity contribution in [3.63, 3.8) is 0 Å². The minimum absolute atomic E-state index is 0.179. The van der Waals surface area contributed by atoms with Crippen LogP contribution < -0.4 is 11.1 Å². The molecule has 2 rings (SSSR count). The molecule has 17 heavy (non-hydrogen) atoms. The van der Waals surface area contributed by atoms with Gasteiger partial charge in [0.05, 0.1) is 17.4 Å². The third-order valence-electron chi connectivity index (χ3n) is 2.75. The summed E-state index contributed by atoms with van der Waals surface area (Å²) in [5.41, 5.74) is 6.43. The summed E-state index contributed by atoms with van der Waals surface area (Å²) >= 11 is 5.75. The molecule has 5 heteroatoms. The summed E-state index contributed by atoms with van der Waals surface area (Å²) in [7, 11) is 0. The van der Waals surface area contributed by atoms with Crippen LogP contribution in [0.5, 0.6) is 0 Å². The molecule has 90 valence electrons. The molecule has 1 aromatic heterocycles. The number of allylic oxidation sites excluding steroid dienone is 1. The van der Waals surface area contributed by atoms with Crippen molar-refractivity contribution in [2.75, 3.05) is 5.73 Å². The Morgan fingerprint density at radius 2 is 2.35 bits per heavy atom. The summed E-state index contributed by atoms with van der Waals surface area (Å²) in [6.45, 7) is 0. The minimum Gasteiger partial charge on any atom is -0.397 e. The van der Waals surface area contributed by atoms with E-state index in [0.717, 1.165) is 19.3 Å². The molecule has 0 radical (unpaired) electrons. The Morgan fingerprint density at radius 3 is 3.06 bits per heavy atom. The van der Waals surface area contributed by atoms with E-state index in [4.69, 9.17) is 17.3 Å². The molecule has 1 unspecified atom stereocenters. The predicted molar refractivity (Wildman–Crippen MR) is 67.9 cm³/mol. The fourth-order valence-corrected chi connectivity index (χ4v) is 1.98. The van der Waals surface area contributed by atoms with Gasteiger partial charge in [0.2, 0.25) is 0 Å². The number of nitrogens with one attached hydrogen (secondary N) is 1. The first-order valence-corrected chi connectivity index (χ1v) is 5.91. The second-order valence-corrected chi connectivity index (χ2v) is 4.44. The summed E-state index contributed by atoms with van der Waals surface area (Å²) in [6, 6.07) is 1.67. The molecule has 0 saturated carbocycles. The highest BCUT2D eigenvalue weighted by Crippen LogP contribution is 2.16. The molecular formula is C12H14ClN3O. The molecule has 3 N–H and O–H groups in total. The molecule has 1 aliphatic rings. The van der Waals surface area contributed by atoms with Crippen LogP contribution in [0.15, 0.2) is 24.4 Å². The number of halogens is 1. The summed E-state index contributed by atoms with van der Waals surface area (Å²) in [4.78, 5) is 15.8. The highest BCUT2D eigenvalue weighted by molar-refractivity contribution is 6.29. The second kappa shape index (κ2) is 5.19. The summed E-state index contributed by atoms with van der Waals surface area (Å²) < 4.78 is 0. The minimum atomic E-state index is -0.188. The molecule has 0 spiro atoms. The Labute approximate surface area is 105 Å². The number of carbonyl (C=O) groups excluding carboxylic acids is 1. The molecule has 0 aliphatic heterocycles. The number of amides is 1. The van der Waals surface area contributed by atoms with Crippen molar-refractivity contribution >= 4 is 23.2 Å². The van der Waals surface area contributed by atoms with Crippen molar-refractivity contribution in [1.82, 2.24) is 10.3 Å². The lowest BCUT2D eigenvalue weighted by Crippen LogP contribution is -2.35. The molecule has 1 amide bonds. The molecule has 0 aromatic carbocycles. The Bertz CT molecular complexity index is 459. The lowest BCUT2D eigenvalue weighted by molar-refractivity contribution is 0.0935. The number of aromatic nitrogens is 1. The smallest absolute Gasteiger partial charge is 0.253 e. The fourth-order valence-electron chi connectivity index (χ4n) is 1.82. The topological polar surface area (TPSA) is 68.0 Å². The van der Waals surface area contributed by atoms with Gasteiger partial charge in [-0.05, 0) is 25.3 Å². The number of pyridine rings is 1. The van der Waals surface area contributed by atoms with Gasteiger partial charge >= 0.3 is 0 Å². The van der Waals surface area contributed by atoms with Crippen molar-refractivity contribution < 1.29 is 4.79 Å². The predicted octanol–water partition coefficient (Wildman–Crippen LogP) is 2.16. The van der Waals surface area contributed by atoms with E-state index in [1.165, 1.54) is 12.3 Å². The molecule has 1 aliphatic carbocycles. The van der Waals surface area contributed by atoms with Gasteiger partial charge in [0.25, 0.3) is 5.91 Å². The monoisotopic (exact) mass is 251 g/mol. The van der Waals surface area contributed by atoms with Gasteiger partial charge in [-0.2, -0.15) is 0 Å². The molecule has 4 nitrogen and oxygen atoms in total. The first kappa shape index (κ1) is 11.9. The Hall–Kier alpha value is -1.55. The van der Waals surface area contributed by atoms with Crippen LogP contribution in [0.1, 0.15) is 29.6 Å². The molecule has 1 atom stereocenters. The molecule has 0 bridgehead atoms. The number of nitrogens with zero attached hydrogens (tertiary/aromatic N) is 1. The molecule has 0 fully saturated rings. The SMILES string of the molecule is Nc1cnc(Cl)cc1C(=O)NC1CC=CCC1. The number of hydrogen-bond acceptors (Lipinski definition) is 3. The van der Waals surface area contributed by atoms with Crippen LogP contribution in [-0.2, 0) is 0 Å². The number of hydrogen-bond donors (Lipinski definition) is 2. The Morgan fingerprint density at radius 1 is 1.53 bits per heavy atom. The van der Waals surface area contributed by atoms with E-state index >= 15 is 0 Å². The first-order chi connectivity index (χ1) is 8.16. The summed E-state index contributed by atoms with van der Waals surface area (Å²) in [6.07, 6.45) is 8.43. The number of nitrogens with two attached hydrogens (primary N) is 1. The lowest BCUT2D eigenvalue weighted by Gasteiger charge is -2.19. The van der Waals surface area contributed by atoms with E-state index in [-0.39, 0.29) is 17.1 Å².